The van der Waals surface area contributed by atoms with Crippen molar-refractivity contribution in [3.63, 3.8) is 0 Å². The van der Waals surface area contributed by atoms with Gasteiger partial charge in [-0.1, -0.05) is 63.2 Å². The minimum Gasteiger partial charge on any atom is -0.489 e. The maximum Gasteiger partial charge on any atom is 0.262 e. The molecule has 1 amide bonds. The van der Waals surface area contributed by atoms with E-state index in [2.05, 4.69) is 38.2 Å². The summed E-state index contributed by atoms with van der Waals surface area (Å²) in [6.45, 7) is 7.08. The molecule has 0 heterocycles. The number of carbonyl (C=O) groups excluding carboxylic acids is 1. The zero-order valence-electron chi connectivity index (χ0n) is 17.9. The Bertz CT molecular complexity index is 932. The van der Waals surface area contributed by atoms with Crippen molar-refractivity contribution in [2.75, 3.05) is 11.9 Å². The number of hydrogen-bond donors (Lipinski definition) is 1. The molecule has 30 heavy (non-hydrogen) atoms. The van der Waals surface area contributed by atoms with Crippen LogP contribution in [0.15, 0.2) is 78.9 Å². The van der Waals surface area contributed by atoms with E-state index < -0.39 is 0 Å². The summed E-state index contributed by atoms with van der Waals surface area (Å²) in [4.78, 5) is 12.2. The number of anilines is 1. The molecule has 0 aliphatic heterocycles. The zero-order chi connectivity index (χ0) is 21.4. The van der Waals surface area contributed by atoms with Gasteiger partial charge in [-0.2, -0.15) is 0 Å². The molecule has 0 aliphatic carbocycles. The third-order valence-electron chi connectivity index (χ3n) is 5.28. The Morgan fingerprint density at radius 2 is 1.43 bits per heavy atom. The molecule has 0 bridgehead atoms. The standard InChI is InChI=1S/C26H29NO3/c1-4-26(2,3)21-10-14-23(15-11-21)30-19-25(28)27-22-12-16-24(17-13-22)29-18-20-8-6-5-7-9-20/h5-17H,4,18-19H2,1-3H3,(H,27,28). The average Bonchev–Trinajstić information content (AvgIpc) is 2.78. The summed E-state index contributed by atoms with van der Waals surface area (Å²) in [5.74, 6) is 1.24. The Morgan fingerprint density at radius 3 is 2.07 bits per heavy atom. The first-order valence-corrected chi connectivity index (χ1v) is 10.3. The van der Waals surface area contributed by atoms with Crippen LogP contribution in [0, 0.1) is 0 Å². The van der Waals surface area contributed by atoms with Crippen LogP contribution in [-0.4, -0.2) is 12.5 Å². The molecule has 1 N–H and O–H groups in total. The Morgan fingerprint density at radius 1 is 0.833 bits per heavy atom. The molecule has 3 aromatic rings. The lowest BCUT2D eigenvalue weighted by molar-refractivity contribution is -0.118. The minimum absolute atomic E-state index is 0.0389. The number of hydrogen-bond acceptors (Lipinski definition) is 3. The fourth-order valence-electron chi connectivity index (χ4n) is 2.93. The molecule has 3 aromatic carbocycles. The summed E-state index contributed by atoms with van der Waals surface area (Å²) in [5.41, 5.74) is 3.21. The van der Waals surface area contributed by atoms with Gasteiger partial charge in [0.25, 0.3) is 5.91 Å². The Kier molecular flexibility index (Phi) is 7.12. The molecule has 0 saturated heterocycles. The van der Waals surface area contributed by atoms with Gasteiger partial charge in [-0.3, -0.25) is 4.79 Å². The van der Waals surface area contributed by atoms with Gasteiger partial charge >= 0.3 is 0 Å². The van der Waals surface area contributed by atoms with Crippen molar-refractivity contribution in [3.8, 4) is 11.5 Å². The Balaban J connectivity index is 1.45. The normalized spacial score (nSPS) is 11.0. The predicted molar refractivity (Wildman–Crippen MR) is 121 cm³/mol. The van der Waals surface area contributed by atoms with Crippen molar-refractivity contribution in [2.24, 2.45) is 0 Å². The van der Waals surface area contributed by atoms with Crippen molar-refractivity contribution in [1.82, 2.24) is 0 Å². The summed E-state index contributed by atoms with van der Waals surface area (Å²) >= 11 is 0. The molecule has 0 aliphatic rings. The summed E-state index contributed by atoms with van der Waals surface area (Å²) in [6.07, 6.45) is 1.06. The molecule has 4 nitrogen and oxygen atoms in total. The lowest BCUT2D eigenvalue weighted by atomic mass is 9.82. The summed E-state index contributed by atoms with van der Waals surface area (Å²) in [6, 6.07) is 25.3. The molecule has 0 radical (unpaired) electrons. The van der Waals surface area contributed by atoms with Crippen LogP contribution >= 0.6 is 0 Å². The fourth-order valence-corrected chi connectivity index (χ4v) is 2.93. The summed E-state index contributed by atoms with van der Waals surface area (Å²) in [5, 5.41) is 2.84. The number of rotatable bonds is 9. The molecule has 3 rings (SSSR count). The van der Waals surface area contributed by atoms with E-state index in [1.165, 1.54) is 5.56 Å². The first kappa shape index (κ1) is 21.4. The van der Waals surface area contributed by atoms with E-state index in [4.69, 9.17) is 9.47 Å². The average molecular weight is 404 g/mol. The second-order valence-corrected chi connectivity index (χ2v) is 7.90. The van der Waals surface area contributed by atoms with Gasteiger partial charge in [-0.15, -0.1) is 0 Å². The van der Waals surface area contributed by atoms with Crippen LogP contribution in [0.25, 0.3) is 0 Å². The lowest BCUT2D eigenvalue weighted by Crippen LogP contribution is -2.20. The first-order chi connectivity index (χ1) is 14.5. The minimum atomic E-state index is -0.203. The molecule has 0 fully saturated rings. The Hall–Kier alpha value is -3.27. The van der Waals surface area contributed by atoms with E-state index in [1.807, 2.05) is 66.7 Å². The van der Waals surface area contributed by atoms with Crippen LogP contribution in [-0.2, 0) is 16.8 Å². The molecule has 0 saturated carbocycles. The number of ether oxygens (including phenoxy) is 2. The molecule has 0 spiro atoms. The third-order valence-corrected chi connectivity index (χ3v) is 5.28. The van der Waals surface area contributed by atoms with E-state index in [1.54, 1.807) is 0 Å². The van der Waals surface area contributed by atoms with Gasteiger partial charge in [-0.05, 0) is 59.4 Å². The van der Waals surface area contributed by atoms with Gasteiger partial charge in [0.15, 0.2) is 6.61 Å². The Labute approximate surface area is 178 Å². The highest BCUT2D eigenvalue weighted by molar-refractivity contribution is 5.91. The van der Waals surface area contributed by atoms with E-state index in [0.717, 1.165) is 17.7 Å². The van der Waals surface area contributed by atoms with Crippen LogP contribution in [0.2, 0.25) is 0 Å². The van der Waals surface area contributed by atoms with Crippen molar-refractivity contribution in [3.05, 3.63) is 90.0 Å². The van der Waals surface area contributed by atoms with Crippen LogP contribution in [0.5, 0.6) is 11.5 Å². The lowest BCUT2D eigenvalue weighted by Gasteiger charge is -2.23. The molecule has 4 heteroatoms. The van der Waals surface area contributed by atoms with Crippen molar-refractivity contribution < 1.29 is 14.3 Å². The number of amides is 1. The molecular formula is C26H29NO3. The van der Waals surface area contributed by atoms with Crippen LogP contribution in [0.1, 0.15) is 38.3 Å². The zero-order valence-corrected chi connectivity index (χ0v) is 17.9. The molecule has 0 aromatic heterocycles. The van der Waals surface area contributed by atoms with Crippen molar-refractivity contribution >= 4 is 11.6 Å². The maximum atomic E-state index is 12.2. The SMILES string of the molecule is CCC(C)(C)c1ccc(OCC(=O)Nc2ccc(OCc3ccccc3)cc2)cc1. The van der Waals surface area contributed by atoms with Gasteiger partial charge in [0.05, 0.1) is 0 Å². The quantitative estimate of drug-likeness (QED) is 0.479. The van der Waals surface area contributed by atoms with E-state index in [-0.39, 0.29) is 17.9 Å². The van der Waals surface area contributed by atoms with E-state index in [0.29, 0.717) is 18.0 Å². The van der Waals surface area contributed by atoms with Crippen LogP contribution in [0.4, 0.5) is 5.69 Å². The molecule has 0 atom stereocenters. The van der Waals surface area contributed by atoms with Crippen LogP contribution in [0.3, 0.4) is 0 Å². The first-order valence-electron chi connectivity index (χ1n) is 10.3. The van der Waals surface area contributed by atoms with E-state index >= 15 is 0 Å². The largest absolute Gasteiger partial charge is 0.489 e. The smallest absolute Gasteiger partial charge is 0.262 e. The maximum absolute atomic E-state index is 12.2. The monoisotopic (exact) mass is 403 g/mol. The second kappa shape index (κ2) is 9.97. The molecule has 0 unspecified atom stereocenters. The van der Waals surface area contributed by atoms with Crippen molar-refractivity contribution in [1.29, 1.82) is 0 Å². The number of carbonyl (C=O) groups is 1. The fraction of sp³-hybridized carbons (Fsp3) is 0.269. The summed E-state index contributed by atoms with van der Waals surface area (Å²) < 4.78 is 11.4. The third kappa shape index (κ3) is 6.11. The van der Waals surface area contributed by atoms with E-state index in [9.17, 15) is 4.79 Å². The highest BCUT2D eigenvalue weighted by Crippen LogP contribution is 2.28. The highest BCUT2D eigenvalue weighted by Gasteiger charge is 2.17. The number of benzene rings is 3. The van der Waals surface area contributed by atoms with Gasteiger partial charge in [0.1, 0.15) is 18.1 Å². The van der Waals surface area contributed by atoms with Gasteiger partial charge in [-0.25, -0.2) is 0 Å². The van der Waals surface area contributed by atoms with Crippen molar-refractivity contribution in [2.45, 2.75) is 39.2 Å². The summed E-state index contributed by atoms with van der Waals surface area (Å²) in [7, 11) is 0. The predicted octanol–water partition coefficient (Wildman–Crippen LogP) is 5.97. The van der Waals surface area contributed by atoms with Gasteiger partial charge in [0, 0.05) is 5.69 Å². The molecule has 156 valence electrons. The van der Waals surface area contributed by atoms with Gasteiger partial charge in [0.2, 0.25) is 0 Å². The van der Waals surface area contributed by atoms with Gasteiger partial charge < -0.3 is 14.8 Å². The number of nitrogens with one attached hydrogen (secondary N) is 1. The molecular weight excluding hydrogens is 374 g/mol. The second-order valence-electron chi connectivity index (χ2n) is 7.90. The highest BCUT2D eigenvalue weighted by atomic mass is 16.5. The topological polar surface area (TPSA) is 47.6 Å². The van der Waals surface area contributed by atoms with Crippen LogP contribution < -0.4 is 14.8 Å².